The van der Waals surface area contributed by atoms with E-state index in [2.05, 4.69) is 170 Å². The minimum atomic E-state index is -0.518. The number of carbonyl (C=O) groups excluding carboxylic acids is 1. The molecule has 0 amide bonds. The van der Waals surface area contributed by atoms with E-state index in [1.165, 1.54) is 89.0 Å². The van der Waals surface area contributed by atoms with Crippen LogP contribution in [0.3, 0.4) is 0 Å². The molecule has 0 spiro atoms. The van der Waals surface area contributed by atoms with Gasteiger partial charge in [0.1, 0.15) is 5.78 Å². The maximum atomic E-state index is 11.6. The number of rotatable bonds is 13. The molecule has 0 radical (unpaired) electrons. The second kappa shape index (κ2) is 30.3. The third-order valence-corrected chi connectivity index (χ3v) is 16.7. The maximum absolute atomic E-state index is 11.6. The minimum absolute atomic E-state index is 0. The molecule has 70 heavy (non-hydrogen) atoms. The highest BCUT2D eigenvalue weighted by Crippen LogP contribution is 2.56. The van der Waals surface area contributed by atoms with Crippen molar-refractivity contribution in [1.29, 1.82) is 0 Å². The van der Waals surface area contributed by atoms with Gasteiger partial charge in [-0.3, -0.25) is 4.79 Å². The second-order valence-corrected chi connectivity index (χ2v) is 25.9. The molecule has 6 nitrogen and oxygen atoms in total. The standard InChI is InChI=1S/C15H27N3.C15H29N.C15H28O.C12H22O.C6H2.ClH.2H2/c1-6-15(7-2)10-13(8-12(3)17-18-16)9-14(4,5)11-15;1-6-15(7-2)10-13(8-12(3)16)9-14(4,5)11-15;1-6-9-15(16)11-13(4,5)10-14(7-2,8-3)12-15;1-5-12(6-2)8-10(13)7-11(3,4)9-12;1-3-5-6-4-2;;;/h8,12H,6-7,9-11H2,1-5H3;8,12H,6-7,9-11,16H2,1-5H3;6,16H,1,7-12H2,2-5H3;5-9H2,1-4H3;1-2H;3*1H. The van der Waals surface area contributed by atoms with Crippen molar-refractivity contribution in [2.24, 2.45) is 54.2 Å². The summed E-state index contributed by atoms with van der Waals surface area (Å²) in [5.41, 5.74) is 19.9. The number of aliphatic hydroxyl groups is 1. The van der Waals surface area contributed by atoms with Gasteiger partial charge in [0.05, 0.1) is 11.6 Å². The van der Waals surface area contributed by atoms with Crippen molar-refractivity contribution in [3.05, 3.63) is 46.4 Å². The zero-order valence-electron chi connectivity index (χ0n) is 48.8. The molecule has 0 aromatic heterocycles. The molecule has 7 heteroatoms. The Hall–Kier alpha value is -2.91. The molecule has 4 rings (SSSR count). The molecule has 4 fully saturated rings. The van der Waals surface area contributed by atoms with Crippen LogP contribution in [0.4, 0.5) is 0 Å². The van der Waals surface area contributed by atoms with Crippen LogP contribution >= 0.6 is 12.4 Å². The fourth-order valence-electron chi connectivity index (χ4n) is 14.1. The van der Waals surface area contributed by atoms with Crippen LogP contribution < -0.4 is 5.73 Å². The summed E-state index contributed by atoms with van der Waals surface area (Å²) in [4.78, 5) is 14.5. The first-order valence-electron chi connectivity index (χ1n) is 27.3. The van der Waals surface area contributed by atoms with E-state index < -0.39 is 5.60 Å². The normalized spacial score (nSPS) is 25.4. The van der Waals surface area contributed by atoms with Crippen molar-refractivity contribution in [3.63, 3.8) is 0 Å². The topological polar surface area (TPSA) is 112 Å². The van der Waals surface area contributed by atoms with Crippen LogP contribution in [0.25, 0.3) is 10.4 Å². The molecule has 0 heterocycles. The van der Waals surface area contributed by atoms with Crippen LogP contribution in [-0.4, -0.2) is 28.6 Å². The van der Waals surface area contributed by atoms with Crippen LogP contribution in [0.2, 0.25) is 0 Å². The molecule has 0 aromatic carbocycles. The SMILES string of the molecule is C#CC#CC#C.C=CCC1(O)CC(C)(C)CC(CC)(CC)C1.CCC1(CC)CC(=CC(C)N)CC(C)(C)C1.CCC1(CC)CC(=CC(C)N=[N+]=[N-])CC(C)(C)C1.CCC1(CC)CC(=O)CC(C)(C)C1.Cl.[HH].[HH]. The molecule has 4 aliphatic rings. The lowest BCUT2D eigenvalue weighted by Crippen LogP contribution is -2.47. The van der Waals surface area contributed by atoms with Crippen LogP contribution in [0, 0.1) is 79.8 Å². The van der Waals surface area contributed by atoms with Gasteiger partial charge >= 0.3 is 0 Å². The van der Waals surface area contributed by atoms with Gasteiger partial charge in [-0.2, -0.15) is 0 Å². The Balaban J connectivity index is -0.000000408. The number of nitrogens with two attached hydrogens (primary N) is 1. The number of Topliss-reactive ketones (excluding diaryl/α,β-unsaturated/α-hetero) is 1. The first-order valence-corrected chi connectivity index (χ1v) is 27.3. The number of halogens is 1. The molecule has 404 valence electrons. The second-order valence-electron chi connectivity index (χ2n) is 25.9. The Kier molecular flexibility index (Phi) is 30.0. The highest BCUT2D eigenvalue weighted by molar-refractivity contribution is 5.85. The highest BCUT2D eigenvalue weighted by Gasteiger charge is 2.48. The number of hydrogen-bond donors (Lipinski definition) is 2. The van der Waals surface area contributed by atoms with Crippen LogP contribution in [0.5, 0.6) is 0 Å². The summed E-state index contributed by atoms with van der Waals surface area (Å²) in [5.74, 6) is 9.08. The molecular formula is C63H113ClN4O2. The number of nitrogens with zero attached hydrogens (tertiary/aromatic N) is 3. The monoisotopic (exact) mass is 993 g/mol. The minimum Gasteiger partial charge on any atom is -0.390 e. The Morgan fingerprint density at radius 3 is 1.31 bits per heavy atom. The summed E-state index contributed by atoms with van der Waals surface area (Å²) in [5, 5.41) is 14.5. The quantitative estimate of drug-likeness (QED) is 0.0630. The molecule has 0 aromatic rings. The van der Waals surface area contributed by atoms with Crippen LogP contribution in [-0.2, 0) is 4.79 Å². The van der Waals surface area contributed by atoms with Gasteiger partial charge in [0.15, 0.2) is 0 Å². The lowest BCUT2D eigenvalue weighted by molar-refractivity contribution is -0.128. The van der Waals surface area contributed by atoms with E-state index in [1.54, 1.807) is 5.57 Å². The van der Waals surface area contributed by atoms with Gasteiger partial charge in [-0.1, -0.05) is 204 Å². The summed E-state index contributed by atoms with van der Waals surface area (Å²) >= 11 is 0. The Morgan fingerprint density at radius 2 is 0.986 bits per heavy atom. The van der Waals surface area contributed by atoms with Gasteiger partial charge in [0.2, 0.25) is 0 Å². The average Bonchev–Trinajstić information content (AvgIpc) is 3.23. The first kappa shape index (κ1) is 69.2. The number of terminal acetylenes is 2. The third-order valence-electron chi connectivity index (χ3n) is 16.7. The van der Waals surface area contributed by atoms with E-state index in [1.807, 2.05) is 13.0 Å². The molecule has 3 atom stereocenters. The fourth-order valence-corrected chi connectivity index (χ4v) is 14.1. The average molecular weight is 994 g/mol. The van der Waals surface area contributed by atoms with Crippen molar-refractivity contribution in [2.75, 3.05) is 0 Å². The van der Waals surface area contributed by atoms with Crippen molar-refractivity contribution in [1.82, 2.24) is 0 Å². The number of azide groups is 1. The smallest absolute Gasteiger partial charge is 0.133 e. The van der Waals surface area contributed by atoms with E-state index in [0.717, 1.165) is 51.4 Å². The van der Waals surface area contributed by atoms with Gasteiger partial charge in [-0.15, -0.1) is 31.8 Å². The number of hydrogen-bond acceptors (Lipinski definition) is 4. The van der Waals surface area contributed by atoms with Crippen LogP contribution in [0.1, 0.15) is 262 Å². The van der Waals surface area contributed by atoms with E-state index in [0.29, 0.717) is 38.3 Å². The molecule has 0 saturated heterocycles. The predicted molar refractivity (Wildman–Crippen MR) is 313 cm³/mol. The van der Waals surface area contributed by atoms with Crippen molar-refractivity contribution < 1.29 is 12.8 Å². The molecule has 3 unspecified atom stereocenters. The first-order chi connectivity index (χ1) is 31.8. The fraction of sp³-hybridized carbons (Fsp3) is 0.794. The van der Waals surface area contributed by atoms with Gasteiger partial charge in [0, 0.05) is 26.6 Å². The summed E-state index contributed by atoms with van der Waals surface area (Å²) < 4.78 is 0. The molecule has 0 bridgehead atoms. The molecule has 3 N–H and O–H groups in total. The maximum Gasteiger partial charge on any atom is 0.133 e. The zero-order chi connectivity index (χ0) is 53.6. The Morgan fingerprint density at radius 1 is 0.629 bits per heavy atom. The highest BCUT2D eigenvalue weighted by atomic mass is 35.5. The summed E-state index contributed by atoms with van der Waals surface area (Å²) in [7, 11) is 0. The van der Waals surface area contributed by atoms with E-state index in [4.69, 9.17) is 24.1 Å². The van der Waals surface area contributed by atoms with Crippen molar-refractivity contribution in [3.8, 4) is 36.5 Å². The third kappa shape index (κ3) is 24.2. The van der Waals surface area contributed by atoms with E-state index in [-0.39, 0.29) is 38.2 Å². The Bertz CT molecular complexity index is 1850. The molecular weight excluding hydrogens is 880 g/mol. The summed E-state index contributed by atoms with van der Waals surface area (Å²) in [6.07, 6.45) is 39.6. The van der Waals surface area contributed by atoms with E-state index >= 15 is 0 Å². The largest absolute Gasteiger partial charge is 0.390 e. The van der Waals surface area contributed by atoms with Crippen molar-refractivity contribution >= 4 is 18.2 Å². The number of carbonyl (C=O) groups is 1. The predicted octanol–water partition coefficient (Wildman–Crippen LogP) is 19.0. The van der Waals surface area contributed by atoms with Gasteiger partial charge in [0.25, 0.3) is 0 Å². The number of ketones is 1. The molecule has 0 aliphatic heterocycles. The van der Waals surface area contributed by atoms with Crippen LogP contribution in [0.15, 0.2) is 41.1 Å². The number of allylic oxidation sites excluding steroid dienone is 2. The van der Waals surface area contributed by atoms with E-state index in [9.17, 15) is 9.90 Å². The van der Waals surface area contributed by atoms with Gasteiger partial charge in [-0.05, 0) is 150 Å². The summed E-state index contributed by atoms with van der Waals surface area (Å²) in [6, 6.07) is 0.181. The summed E-state index contributed by atoms with van der Waals surface area (Å²) in [6.45, 7) is 44.7. The van der Waals surface area contributed by atoms with Gasteiger partial charge < -0.3 is 10.8 Å². The van der Waals surface area contributed by atoms with Gasteiger partial charge in [-0.25, -0.2) is 0 Å². The Labute approximate surface area is 443 Å². The molecule has 4 aliphatic carbocycles. The zero-order valence-corrected chi connectivity index (χ0v) is 49.6. The molecule has 4 saturated carbocycles. The lowest BCUT2D eigenvalue weighted by atomic mass is 9.56. The van der Waals surface area contributed by atoms with Crippen molar-refractivity contribution in [2.45, 2.75) is 277 Å². The lowest BCUT2D eigenvalue weighted by Gasteiger charge is -2.52.